The molecule has 0 radical (unpaired) electrons. The Kier molecular flexibility index (Phi) is 6.06. The van der Waals surface area contributed by atoms with Gasteiger partial charge < -0.3 is 10.6 Å². The van der Waals surface area contributed by atoms with E-state index in [-0.39, 0.29) is 29.4 Å². The molecule has 2 N–H and O–H groups in total. The molecule has 0 saturated carbocycles. The van der Waals surface area contributed by atoms with Gasteiger partial charge in [-0.1, -0.05) is 36.4 Å². The highest BCUT2D eigenvalue weighted by atomic mass is 19.1. The van der Waals surface area contributed by atoms with Crippen molar-refractivity contribution in [3.05, 3.63) is 95.3 Å². The van der Waals surface area contributed by atoms with Crippen molar-refractivity contribution in [2.24, 2.45) is 0 Å². The monoisotopic (exact) mass is 381 g/mol. The van der Waals surface area contributed by atoms with E-state index in [1.54, 1.807) is 24.3 Å². The third-order valence-electron chi connectivity index (χ3n) is 3.97. The van der Waals surface area contributed by atoms with Crippen molar-refractivity contribution in [2.75, 3.05) is 11.9 Å². The van der Waals surface area contributed by atoms with Crippen LogP contribution in [-0.4, -0.2) is 23.3 Å². The van der Waals surface area contributed by atoms with Gasteiger partial charge in [0.05, 0.1) is 5.69 Å². The van der Waals surface area contributed by atoms with Crippen LogP contribution in [0.4, 0.5) is 14.5 Å². The molecule has 0 aliphatic carbocycles. The van der Waals surface area contributed by atoms with E-state index in [0.717, 1.165) is 0 Å². The minimum Gasteiger partial charge on any atom is -0.350 e. The quantitative estimate of drug-likeness (QED) is 0.686. The van der Waals surface area contributed by atoms with E-state index in [0.29, 0.717) is 12.0 Å². The van der Waals surface area contributed by atoms with Crippen molar-refractivity contribution >= 4 is 17.5 Å². The standard InChI is InChI=1S/C21H17F2N3O2/c22-15-7-2-1-6-14(15)12-13-24-20(27)18-10-5-11-19(25-18)21(28)26-17-9-4-3-8-16(17)23/h1-11H,12-13H2,(H,24,27)(H,26,28). The largest absolute Gasteiger partial charge is 0.350 e. The number of rotatable bonds is 6. The van der Waals surface area contributed by atoms with Gasteiger partial charge in [-0.25, -0.2) is 13.8 Å². The molecule has 2 amide bonds. The van der Waals surface area contributed by atoms with Gasteiger partial charge in [0.25, 0.3) is 11.8 Å². The summed E-state index contributed by atoms with van der Waals surface area (Å²) in [5, 5.41) is 5.05. The number of anilines is 1. The molecule has 0 unspecified atom stereocenters. The van der Waals surface area contributed by atoms with Crippen molar-refractivity contribution in [2.45, 2.75) is 6.42 Å². The topological polar surface area (TPSA) is 71.1 Å². The Morgan fingerprint density at radius 1 is 0.786 bits per heavy atom. The molecule has 28 heavy (non-hydrogen) atoms. The number of halogens is 2. The number of amides is 2. The van der Waals surface area contributed by atoms with Crippen LogP contribution in [0.5, 0.6) is 0 Å². The first-order chi connectivity index (χ1) is 13.5. The van der Waals surface area contributed by atoms with Crippen molar-refractivity contribution < 1.29 is 18.4 Å². The van der Waals surface area contributed by atoms with Crippen molar-refractivity contribution in [3.8, 4) is 0 Å². The molecule has 0 aliphatic rings. The number of carbonyl (C=O) groups excluding carboxylic acids is 2. The van der Waals surface area contributed by atoms with Crippen molar-refractivity contribution in [3.63, 3.8) is 0 Å². The van der Waals surface area contributed by atoms with Gasteiger partial charge in [0.1, 0.15) is 23.0 Å². The zero-order valence-electron chi connectivity index (χ0n) is 14.8. The maximum Gasteiger partial charge on any atom is 0.274 e. The molecule has 1 aromatic heterocycles. The highest BCUT2D eigenvalue weighted by molar-refractivity contribution is 6.03. The van der Waals surface area contributed by atoms with E-state index in [2.05, 4.69) is 15.6 Å². The fourth-order valence-electron chi connectivity index (χ4n) is 2.54. The first kappa shape index (κ1) is 19.2. The van der Waals surface area contributed by atoms with Gasteiger partial charge in [0.15, 0.2) is 0 Å². The van der Waals surface area contributed by atoms with Crippen LogP contribution in [0.25, 0.3) is 0 Å². The highest BCUT2D eigenvalue weighted by Gasteiger charge is 2.14. The molecule has 3 rings (SSSR count). The third-order valence-corrected chi connectivity index (χ3v) is 3.97. The Bertz CT molecular complexity index is 1010. The average Bonchev–Trinajstić information content (AvgIpc) is 2.71. The number of carbonyl (C=O) groups is 2. The number of para-hydroxylation sites is 1. The molecule has 2 aromatic carbocycles. The summed E-state index contributed by atoms with van der Waals surface area (Å²) in [4.78, 5) is 28.5. The first-order valence-corrected chi connectivity index (χ1v) is 8.59. The van der Waals surface area contributed by atoms with Crippen LogP contribution in [0, 0.1) is 11.6 Å². The predicted octanol–water partition coefficient (Wildman–Crippen LogP) is 3.58. The van der Waals surface area contributed by atoms with E-state index in [4.69, 9.17) is 0 Å². The lowest BCUT2D eigenvalue weighted by atomic mass is 10.1. The second kappa shape index (κ2) is 8.85. The smallest absolute Gasteiger partial charge is 0.274 e. The SMILES string of the molecule is O=C(NCCc1ccccc1F)c1cccc(C(=O)Nc2ccccc2F)n1. The molecule has 0 bridgehead atoms. The molecule has 0 fully saturated rings. The normalized spacial score (nSPS) is 10.4. The lowest BCUT2D eigenvalue weighted by molar-refractivity contribution is 0.0949. The van der Waals surface area contributed by atoms with Gasteiger partial charge in [0, 0.05) is 6.54 Å². The summed E-state index contributed by atoms with van der Waals surface area (Å²) in [5.41, 5.74) is 0.530. The minimum absolute atomic E-state index is 0.0223. The molecule has 1 heterocycles. The fourth-order valence-corrected chi connectivity index (χ4v) is 2.54. The van der Waals surface area contributed by atoms with E-state index < -0.39 is 17.6 Å². The number of pyridine rings is 1. The molecular weight excluding hydrogens is 364 g/mol. The second-order valence-corrected chi connectivity index (χ2v) is 5.94. The van der Waals surface area contributed by atoms with E-state index in [1.807, 2.05) is 0 Å². The maximum absolute atomic E-state index is 13.7. The Morgan fingerprint density at radius 3 is 2.14 bits per heavy atom. The van der Waals surface area contributed by atoms with Gasteiger partial charge >= 0.3 is 0 Å². The number of nitrogens with zero attached hydrogens (tertiary/aromatic N) is 1. The van der Waals surface area contributed by atoms with Gasteiger partial charge in [-0.2, -0.15) is 0 Å². The van der Waals surface area contributed by atoms with Crippen LogP contribution in [0.2, 0.25) is 0 Å². The first-order valence-electron chi connectivity index (χ1n) is 8.59. The Morgan fingerprint density at radius 2 is 1.43 bits per heavy atom. The number of benzene rings is 2. The molecule has 142 valence electrons. The summed E-state index contributed by atoms with van der Waals surface area (Å²) in [6.45, 7) is 0.215. The van der Waals surface area contributed by atoms with Crippen LogP contribution >= 0.6 is 0 Å². The van der Waals surface area contributed by atoms with Gasteiger partial charge in [-0.3, -0.25) is 9.59 Å². The molecule has 0 spiro atoms. The molecule has 0 aliphatic heterocycles. The molecule has 0 atom stereocenters. The van der Waals surface area contributed by atoms with Crippen LogP contribution in [0.15, 0.2) is 66.7 Å². The zero-order chi connectivity index (χ0) is 19.9. The summed E-state index contributed by atoms with van der Waals surface area (Å²) in [6.07, 6.45) is 0.325. The summed E-state index contributed by atoms with van der Waals surface area (Å²) < 4.78 is 27.2. The molecule has 0 saturated heterocycles. The summed E-state index contributed by atoms with van der Waals surface area (Å²) in [6, 6.07) is 16.5. The van der Waals surface area contributed by atoms with Crippen LogP contribution < -0.4 is 10.6 Å². The maximum atomic E-state index is 13.7. The third kappa shape index (κ3) is 4.76. The average molecular weight is 381 g/mol. The Labute approximate surface area is 160 Å². The summed E-state index contributed by atoms with van der Waals surface area (Å²) in [5.74, 6) is -2.03. The van der Waals surface area contributed by atoms with Crippen molar-refractivity contribution in [1.82, 2.24) is 10.3 Å². The van der Waals surface area contributed by atoms with Crippen LogP contribution in [-0.2, 0) is 6.42 Å². The lowest BCUT2D eigenvalue weighted by Crippen LogP contribution is -2.27. The number of nitrogens with one attached hydrogen (secondary N) is 2. The van der Waals surface area contributed by atoms with Crippen LogP contribution in [0.3, 0.4) is 0 Å². The Balaban J connectivity index is 1.62. The van der Waals surface area contributed by atoms with Crippen molar-refractivity contribution in [1.29, 1.82) is 0 Å². The predicted molar refractivity (Wildman–Crippen MR) is 101 cm³/mol. The molecule has 3 aromatic rings. The summed E-state index contributed by atoms with van der Waals surface area (Å²) >= 11 is 0. The van der Waals surface area contributed by atoms with E-state index >= 15 is 0 Å². The van der Waals surface area contributed by atoms with Gasteiger partial charge in [-0.15, -0.1) is 0 Å². The van der Waals surface area contributed by atoms with Gasteiger partial charge in [0.2, 0.25) is 0 Å². The molecular formula is C21H17F2N3O2. The summed E-state index contributed by atoms with van der Waals surface area (Å²) in [7, 11) is 0. The number of hydrogen-bond donors (Lipinski definition) is 2. The second-order valence-electron chi connectivity index (χ2n) is 5.94. The van der Waals surface area contributed by atoms with Gasteiger partial charge in [-0.05, 0) is 42.3 Å². The fraction of sp³-hybridized carbons (Fsp3) is 0.0952. The number of aromatic nitrogens is 1. The van der Waals surface area contributed by atoms with E-state index in [9.17, 15) is 18.4 Å². The lowest BCUT2D eigenvalue weighted by Gasteiger charge is -2.08. The molecule has 7 heteroatoms. The molecule has 5 nitrogen and oxygen atoms in total. The minimum atomic E-state index is -0.633. The highest BCUT2D eigenvalue weighted by Crippen LogP contribution is 2.13. The zero-order valence-corrected chi connectivity index (χ0v) is 14.8. The Hall–Kier alpha value is -3.61. The van der Waals surface area contributed by atoms with E-state index in [1.165, 1.54) is 42.5 Å². The van der Waals surface area contributed by atoms with Crippen LogP contribution in [0.1, 0.15) is 26.5 Å². The number of hydrogen-bond acceptors (Lipinski definition) is 3.